The van der Waals surface area contributed by atoms with Gasteiger partial charge in [-0.1, -0.05) is 23.7 Å². The average Bonchev–Trinajstić information content (AvgIpc) is 3.48. The van der Waals surface area contributed by atoms with Gasteiger partial charge in [-0.15, -0.1) is 0 Å². The van der Waals surface area contributed by atoms with Crippen molar-refractivity contribution >= 4 is 10.0 Å². The van der Waals surface area contributed by atoms with Crippen LogP contribution in [0.4, 0.5) is 0 Å². The van der Waals surface area contributed by atoms with Crippen molar-refractivity contribution in [1.29, 1.82) is 0 Å². The van der Waals surface area contributed by atoms with Gasteiger partial charge in [0.25, 0.3) is 0 Å². The molecule has 2 heterocycles. The van der Waals surface area contributed by atoms with Gasteiger partial charge in [-0.25, -0.2) is 8.42 Å². The number of hydrogen-bond acceptors (Lipinski definition) is 6. The lowest BCUT2D eigenvalue weighted by Gasteiger charge is -2.25. The molecule has 0 atom stereocenters. The summed E-state index contributed by atoms with van der Waals surface area (Å²) in [5, 5.41) is 4.16. The van der Waals surface area contributed by atoms with Crippen LogP contribution in [-0.2, 0) is 15.4 Å². The molecular weight excluding hydrogens is 414 g/mol. The summed E-state index contributed by atoms with van der Waals surface area (Å²) in [5.41, 5.74) is 1.62. The number of nitrogens with zero attached hydrogens (tertiary/aromatic N) is 3. The molecule has 0 unspecified atom stereocenters. The molecule has 0 bridgehead atoms. The van der Waals surface area contributed by atoms with Crippen molar-refractivity contribution in [2.45, 2.75) is 42.4 Å². The average molecular weight is 440 g/mol. The lowest BCUT2D eigenvalue weighted by molar-refractivity contribution is 0.346. The summed E-state index contributed by atoms with van der Waals surface area (Å²) in [6.45, 7) is 1.18. The van der Waals surface area contributed by atoms with Crippen LogP contribution in [0.15, 0.2) is 57.9 Å². The quantitative estimate of drug-likeness (QED) is 0.577. The predicted octanol–water partition coefficient (Wildman–Crippen LogP) is 4.00. The van der Waals surface area contributed by atoms with Crippen molar-refractivity contribution < 1.29 is 17.7 Å². The van der Waals surface area contributed by atoms with Crippen LogP contribution in [0.5, 0.6) is 5.75 Å². The van der Waals surface area contributed by atoms with Gasteiger partial charge < -0.3 is 9.26 Å². The summed E-state index contributed by atoms with van der Waals surface area (Å²) in [5.74, 6) is 1.87. The molecule has 162 valence electrons. The fraction of sp³-hybridized carbons (Fsp3) is 0.391. The van der Waals surface area contributed by atoms with Crippen LogP contribution < -0.4 is 4.74 Å². The minimum absolute atomic E-state index is 0.241. The second-order valence-corrected chi connectivity index (χ2v) is 10.2. The highest BCUT2D eigenvalue weighted by Gasteiger charge is 2.51. The highest BCUT2D eigenvalue weighted by molar-refractivity contribution is 7.89. The van der Waals surface area contributed by atoms with Crippen LogP contribution in [-0.4, -0.2) is 43.1 Å². The monoisotopic (exact) mass is 439 g/mol. The minimum Gasteiger partial charge on any atom is -0.497 e. The molecule has 8 heteroatoms. The van der Waals surface area contributed by atoms with Crippen molar-refractivity contribution in [3.05, 3.63) is 60.0 Å². The first-order valence-corrected chi connectivity index (χ1v) is 12.1. The smallest absolute Gasteiger partial charge is 0.243 e. The van der Waals surface area contributed by atoms with E-state index in [2.05, 4.69) is 10.1 Å². The highest BCUT2D eigenvalue weighted by atomic mass is 32.2. The molecule has 1 saturated carbocycles. The van der Waals surface area contributed by atoms with Crippen LogP contribution in [0.25, 0.3) is 11.4 Å². The standard InChI is InChI=1S/C23H25N3O4S/c1-29-19-9-7-18(8-10-19)23(13-14-23)22-24-21(25-30-22)17-5-11-20(12-6-17)31(27,28)26-15-3-2-4-16-26/h5-12H,2-4,13-16H2,1H3. The lowest BCUT2D eigenvalue weighted by Crippen LogP contribution is -2.35. The number of hydrogen-bond donors (Lipinski definition) is 0. The van der Waals surface area contributed by atoms with Crippen molar-refractivity contribution in [1.82, 2.24) is 14.4 Å². The van der Waals surface area contributed by atoms with E-state index in [9.17, 15) is 8.42 Å². The first kappa shape index (κ1) is 20.2. The van der Waals surface area contributed by atoms with Gasteiger partial charge >= 0.3 is 0 Å². The van der Waals surface area contributed by atoms with Crippen molar-refractivity contribution in [2.24, 2.45) is 0 Å². The third-order valence-electron chi connectivity index (χ3n) is 6.29. The summed E-state index contributed by atoms with van der Waals surface area (Å²) < 4.78 is 38.1. The van der Waals surface area contributed by atoms with E-state index in [4.69, 9.17) is 9.26 Å². The zero-order valence-corrected chi connectivity index (χ0v) is 18.3. The number of piperidine rings is 1. The Labute approximate surface area is 182 Å². The summed E-state index contributed by atoms with van der Waals surface area (Å²) in [6, 6.07) is 14.7. The molecule has 0 radical (unpaired) electrons. The third kappa shape index (κ3) is 3.64. The summed E-state index contributed by atoms with van der Waals surface area (Å²) in [7, 11) is -1.80. The summed E-state index contributed by atoms with van der Waals surface area (Å²) >= 11 is 0. The predicted molar refractivity (Wildman–Crippen MR) is 115 cm³/mol. The van der Waals surface area contributed by atoms with E-state index < -0.39 is 10.0 Å². The Kier molecular flexibility index (Phi) is 5.06. The summed E-state index contributed by atoms with van der Waals surface area (Å²) in [4.78, 5) is 4.95. The largest absolute Gasteiger partial charge is 0.497 e. The Bertz CT molecular complexity index is 1160. The first-order chi connectivity index (χ1) is 15.0. The van der Waals surface area contributed by atoms with Gasteiger partial charge in [0.2, 0.25) is 21.7 Å². The van der Waals surface area contributed by atoms with Crippen LogP contribution in [0.1, 0.15) is 43.6 Å². The molecule has 31 heavy (non-hydrogen) atoms. The van der Waals surface area contributed by atoms with Crippen molar-refractivity contribution in [3.63, 3.8) is 0 Å². The van der Waals surface area contributed by atoms with Gasteiger partial charge in [0, 0.05) is 18.7 Å². The molecule has 1 saturated heterocycles. The first-order valence-electron chi connectivity index (χ1n) is 10.6. The maximum Gasteiger partial charge on any atom is 0.243 e. The van der Waals surface area contributed by atoms with E-state index in [1.807, 2.05) is 24.3 Å². The Morgan fingerprint density at radius 1 is 0.968 bits per heavy atom. The van der Waals surface area contributed by atoms with E-state index in [0.717, 1.165) is 49.0 Å². The van der Waals surface area contributed by atoms with E-state index in [1.54, 1.807) is 35.7 Å². The normalized spacial score (nSPS) is 18.6. The fourth-order valence-corrected chi connectivity index (χ4v) is 5.74. The van der Waals surface area contributed by atoms with Crippen LogP contribution >= 0.6 is 0 Å². The number of methoxy groups -OCH3 is 1. The molecule has 0 N–H and O–H groups in total. The van der Waals surface area contributed by atoms with E-state index in [-0.39, 0.29) is 5.41 Å². The van der Waals surface area contributed by atoms with Gasteiger partial charge in [-0.3, -0.25) is 0 Å². The van der Waals surface area contributed by atoms with Gasteiger partial charge in [-0.2, -0.15) is 9.29 Å². The highest BCUT2D eigenvalue weighted by Crippen LogP contribution is 2.53. The molecule has 0 amide bonds. The van der Waals surface area contributed by atoms with E-state index in [0.29, 0.717) is 29.7 Å². The molecule has 1 aromatic heterocycles. The molecule has 2 fully saturated rings. The van der Waals surface area contributed by atoms with Crippen molar-refractivity contribution in [3.8, 4) is 17.1 Å². The van der Waals surface area contributed by atoms with Gasteiger partial charge in [-0.05, 0) is 67.6 Å². The SMILES string of the molecule is COc1ccc(C2(c3nc(-c4ccc(S(=O)(=O)N5CCCCC5)cc4)no3)CC2)cc1. The molecular formula is C23H25N3O4S. The lowest BCUT2D eigenvalue weighted by atomic mass is 9.96. The zero-order chi connectivity index (χ0) is 21.5. The van der Waals surface area contributed by atoms with Crippen LogP contribution in [0, 0.1) is 0 Å². The summed E-state index contributed by atoms with van der Waals surface area (Å²) in [6.07, 6.45) is 4.82. The Morgan fingerprint density at radius 3 is 2.26 bits per heavy atom. The van der Waals surface area contributed by atoms with Crippen molar-refractivity contribution in [2.75, 3.05) is 20.2 Å². The molecule has 2 aliphatic rings. The molecule has 2 aromatic carbocycles. The number of benzene rings is 2. The topological polar surface area (TPSA) is 85.5 Å². The maximum atomic E-state index is 12.8. The second kappa shape index (κ2) is 7.76. The maximum absolute atomic E-state index is 12.8. The Balaban J connectivity index is 1.37. The molecule has 1 aliphatic heterocycles. The molecule has 3 aromatic rings. The van der Waals surface area contributed by atoms with E-state index in [1.165, 1.54) is 0 Å². The van der Waals surface area contributed by atoms with Gasteiger partial charge in [0.05, 0.1) is 17.4 Å². The van der Waals surface area contributed by atoms with Crippen LogP contribution in [0.3, 0.4) is 0 Å². The third-order valence-corrected chi connectivity index (χ3v) is 8.21. The second-order valence-electron chi connectivity index (χ2n) is 8.22. The zero-order valence-electron chi connectivity index (χ0n) is 17.5. The Hall–Kier alpha value is -2.71. The fourth-order valence-electron chi connectivity index (χ4n) is 4.23. The molecule has 5 rings (SSSR count). The van der Waals surface area contributed by atoms with Gasteiger partial charge in [0.1, 0.15) is 5.75 Å². The number of ether oxygens (including phenoxy) is 1. The van der Waals surface area contributed by atoms with Crippen LogP contribution in [0.2, 0.25) is 0 Å². The molecule has 1 aliphatic carbocycles. The number of sulfonamides is 1. The minimum atomic E-state index is -3.45. The molecule has 7 nitrogen and oxygen atoms in total. The Morgan fingerprint density at radius 2 is 1.65 bits per heavy atom. The van der Waals surface area contributed by atoms with Gasteiger partial charge in [0.15, 0.2) is 0 Å². The van der Waals surface area contributed by atoms with E-state index >= 15 is 0 Å². The molecule has 0 spiro atoms. The number of aromatic nitrogens is 2. The number of rotatable bonds is 6.